The number of aliphatic carboxylic acids is 5. The van der Waals surface area contributed by atoms with Gasteiger partial charge in [-0.1, -0.05) is 13.8 Å². The molecule has 0 aliphatic rings. The molecule has 0 aliphatic heterocycles. The zero-order valence-electron chi connectivity index (χ0n) is 14.5. The van der Waals surface area contributed by atoms with Crippen molar-refractivity contribution in [1.82, 2.24) is 0 Å². The highest BCUT2D eigenvalue weighted by Crippen LogP contribution is 2.28. The fourth-order valence-electron chi connectivity index (χ4n) is 2.64. The lowest BCUT2D eigenvalue weighted by molar-refractivity contribution is -0.148. The molecule has 5 N–H and O–H groups in total. The summed E-state index contributed by atoms with van der Waals surface area (Å²) in [6, 6.07) is 0. The zero-order valence-corrected chi connectivity index (χ0v) is 14.5. The van der Waals surface area contributed by atoms with Crippen molar-refractivity contribution in [2.24, 2.45) is 29.6 Å². The third kappa shape index (κ3) is 7.95. The molecule has 10 heteroatoms. The van der Waals surface area contributed by atoms with Crippen LogP contribution >= 0.6 is 0 Å². The lowest BCUT2D eigenvalue weighted by Gasteiger charge is -2.22. The van der Waals surface area contributed by atoms with Crippen LogP contribution in [0.4, 0.5) is 0 Å². The Bertz CT molecular complexity index is 513. The molecule has 0 fully saturated rings. The minimum absolute atomic E-state index is 0.294. The number of hydrogen-bond donors (Lipinski definition) is 5. The van der Waals surface area contributed by atoms with Gasteiger partial charge >= 0.3 is 29.8 Å². The van der Waals surface area contributed by atoms with Gasteiger partial charge in [0.25, 0.3) is 0 Å². The lowest BCUT2D eigenvalue weighted by Crippen LogP contribution is -2.30. The highest BCUT2D eigenvalue weighted by molar-refractivity contribution is 5.77. The SMILES string of the molecule is CC(CC(CC(CC(CC(C)C(=O)O)C(=O)O)C(=O)O)C(=O)O)C(=O)O. The van der Waals surface area contributed by atoms with Gasteiger partial charge in [0.15, 0.2) is 0 Å². The second-order valence-corrected chi connectivity index (χ2v) is 6.53. The Morgan fingerprint density at radius 1 is 0.500 bits per heavy atom. The third-order valence-electron chi connectivity index (χ3n) is 4.31. The molecule has 4 atom stereocenters. The molecule has 0 radical (unpaired) electrons. The predicted molar refractivity (Wildman–Crippen MR) is 85.4 cm³/mol. The summed E-state index contributed by atoms with van der Waals surface area (Å²) in [4.78, 5) is 55.9. The second kappa shape index (κ2) is 10.4. The van der Waals surface area contributed by atoms with Crippen LogP contribution in [0.15, 0.2) is 0 Å². The van der Waals surface area contributed by atoms with E-state index in [1.807, 2.05) is 0 Å². The normalized spacial score (nSPS) is 16.7. The van der Waals surface area contributed by atoms with Crippen LogP contribution in [-0.4, -0.2) is 55.4 Å². The quantitative estimate of drug-likeness (QED) is 0.311. The van der Waals surface area contributed by atoms with E-state index in [1.165, 1.54) is 13.8 Å². The van der Waals surface area contributed by atoms with E-state index in [0.29, 0.717) is 0 Å². The highest BCUT2D eigenvalue weighted by Gasteiger charge is 2.34. The summed E-state index contributed by atoms with van der Waals surface area (Å²) in [6.45, 7) is 2.59. The van der Waals surface area contributed by atoms with Gasteiger partial charge in [0.2, 0.25) is 0 Å². The van der Waals surface area contributed by atoms with E-state index < -0.39 is 72.3 Å². The van der Waals surface area contributed by atoms with E-state index in [1.54, 1.807) is 0 Å². The number of carboxylic acid groups (broad SMARTS) is 5. The van der Waals surface area contributed by atoms with Crippen LogP contribution in [-0.2, 0) is 24.0 Å². The van der Waals surface area contributed by atoms with Crippen molar-refractivity contribution in [3.05, 3.63) is 0 Å². The van der Waals surface area contributed by atoms with Crippen LogP contribution < -0.4 is 0 Å². The molecule has 10 nitrogen and oxygen atoms in total. The van der Waals surface area contributed by atoms with Crippen molar-refractivity contribution < 1.29 is 49.5 Å². The van der Waals surface area contributed by atoms with Crippen molar-refractivity contribution in [3.8, 4) is 0 Å². The van der Waals surface area contributed by atoms with E-state index in [2.05, 4.69) is 0 Å². The summed E-state index contributed by atoms with van der Waals surface area (Å²) in [5, 5.41) is 45.5. The Kier molecular flexibility index (Phi) is 9.31. The summed E-state index contributed by atoms with van der Waals surface area (Å²) in [5.41, 5.74) is 0. The average molecular weight is 376 g/mol. The summed E-state index contributed by atoms with van der Waals surface area (Å²) in [7, 11) is 0. The number of hydrogen-bond acceptors (Lipinski definition) is 5. The molecule has 148 valence electrons. The summed E-state index contributed by atoms with van der Waals surface area (Å²) >= 11 is 0. The first-order chi connectivity index (χ1) is 11.9. The van der Waals surface area contributed by atoms with Crippen LogP contribution in [0.5, 0.6) is 0 Å². The van der Waals surface area contributed by atoms with Crippen molar-refractivity contribution >= 4 is 29.8 Å². The van der Waals surface area contributed by atoms with E-state index in [4.69, 9.17) is 10.2 Å². The average Bonchev–Trinajstić information content (AvgIpc) is 2.50. The fraction of sp³-hybridized carbons (Fsp3) is 0.688. The van der Waals surface area contributed by atoms with E-state index in [0.717, 1.165) is 0 Å². The fourth-order valence-corrected chi connectivity index (χ4v) is 2.64. The maximum Gasteiger partial charge on any atom is 0.306 e. The summed E-state index contributed by atoms with van der Waals surface area (Å²) < 4.78 is 0. The Morgan fingerprint density at radius 3 is 0.923 bits per heavy atom. The highest BCUT2D eigenvalue weighted by atomic mass is 16.4. The second-order valence-electron chi connectivity index (χ2n) is 6.53. The molecule has 0 aromatic carbocycles. The molecule has 0 saturated heterocycles. The molecule has 0 aromatic heterocycles. The monoisotopic (exact) mass is 376 g/mol. The molecular formula is C16H24O10. The van der Waals surface area contributed by atoms with Crippen LogP contribution in [0.3, 0.4) is 0 Å². The van der Waals surface area contributed by atoms with Gasteiger partial charge in [-0.15, -0.1) is 0 Å². The van der Waals surface area contributed by atoms with Crippen LogP contribution in [0, 0.1) is 29.6 Å². The number of rotatable bonds is 13. The first-order valence-electron chi connectivity index (χ1n) is 8.00. The topological polar surface area (TPSA) is 186 Å². The maximum absolute atomic E-state index is 11.4. The smallest absolute Gasteiger partial charge is 0.306 e. The molecule has 26 heavy (non-hydrogen) atoms. The molecular weight excluding hydrogens is 352 g/mol. The van der Waals surface area contributed by atoms with E-state index in [-0.39, 0.29) is 12.8 Å². The lowest BCUT2D eigenvalue weighted by atomic mass is 9.81. The first-order valence-corrected chi connectivity index (χ1v) is 8.00. The number of carbonyl (C=O) groups is 5. The molecule has 0 spiro atoms. The summed E-state index contributed by atoms with van der Waals surface area (Å²) in [6.07, 6.45) is -1.46. The largest absolute Gasteiger partial charge is 0.481 e. The Labute approximate surface area is 149 Å². The number of carboxylic acids is 5. The molecule has 0 aromatic rings. The van der Waals surface area contributed by atoms with E-state index in [9.17, 15) is 39.3 Å². The Morgan fingerprint density at radius 2 is 0.731 bits per heavy atom. The van der Waals surface area contributed by atoms with Crippen molar-refractivity contribution in [2.75, 3.05) is 0 Å². The maximum atomic E-state index is 11.4. The van der Waals surface area contributed by atoms with Gasteiger partial charge in [-0.25, -0.2) is 0 Å². The van der Waals surface area contributed by atoms with Gasteiger partial charge in [-0.2, -0.15) is 0 Å². The van der Waals surface area contributed by atoms with Crippen molar-refractivity contribution in [1.29, 1.82) is 0 Å². The van der Waals surface area contributed by atoms with Gasteiger partial charge < -0.3 is 25.5 Å². The molecule has 0 bridgehead atoms. The van der Waals surface area contributed by atoms with Crippen LogP contribution in [0.2, 0.25) is 0 Å². The molecule has 0 rings (SSSR count). The standard InChI is InChI=1S/C16H24O10/c1-7(12(17)18)3-9(14(21)22)5-11(16(25)26)6-10(15(23)24)4-8(2)13(19)20/h7-11H,3-6H2,1-2H3,(H,17,18)(H,19,20)(H,21,22)(H,23,24)(H,25,26). The van der Waals surface area contributed by atoms with Crippen LogP contribution in [0.1, 0.15) is 39.5 Å². The zero-order chi connectivity index (χ0) is 20.6. The van der Waals surface area contributed by atoms with Gasteiger partial charge in [0, 0.05) is 0 Å². The van der Waals surface area contributed by atoms with Gasteiger partial charge in [0.1, 0.15) is 0 Å². The van der Waals surface area contributed by atoms with Gasteiger partial charge in [-0.3, -0.25) is 24.0 Å². The minimum Gasteiger partial charge on any atom is -0.481 e. The molecule has 0 saturated carbocycles. The molecule has 0 heterocycles. The molecule has 0 aliphatic carbocycles. The summed E-state index contributed by atoms with van der Waals surface area (Å²) in [5.74, 6) is -12.5. The minimum atomic E-state index is -1.41. The molecule has 4 unspecified atom stereocenters. The molecule has 0 amide bonds. The van der Waals surface area contributed by atoms with Crippen molar-refractivity contribution in [3.63, 3.8) is 0 Å². The third-order valence-corrected chi connectivity index (χ3v) is 4.31. The van der Waals surface area contributed by atoms with Crippen molar-refractivity contribution in [2.45, 2.75) is 39.5 Å². The predicted octanol–water partition coefficient (Wildman–Crippen LogP) is 1.09. The Hall–Kier alpha value is -2.65. The first kappa shape index (κ1) is 23.4. The Balaban J connectivity index is 5.25. The van der Waals surface area contributed by atoms with Gasteiger partial charge in [-0.05, 0) is 25.7 Å². The van der Waals surface area contributed by atoms with Gasteiger partial charge in [0.05, 0.1) is 29.6 Å². The van der Waals surface area contributed by atoms with E-state index >= 15 is 0 Å². The van der Waals surface area contributed by atoms with Crippen LogP contribution in [0.25, 0.3) is 0 Å².